The molecule has 0 saturated carbocycles. The molecule has 0 heterocycles. The Morgan fingerprint density at radius 3 is 2.79 bits per heavy atom. The molecular formula is C13H14FNO3S. The van der Waals surface area contributed by atoms with Gasteiger partial charge in [0.15, 0.2) is 0 Å². The Morgan fingerprint density at radius 1 is 1.47 bits per heavy atom. The third-order valence-electron chi connectivity index (χ3n) is 2.25. The minimum absolute atomic E-state index is 0.0476. The second-order valence-electron chi connectivity index (χ2n) is 3.66. The van der Waals surface area contributed by atoms with E-state index in [-0.39, 0.29) is 5.56 Å². The summed E-state index contributed by atoms with van der Waals surface area (Å²) in [5.74, 6) is -1.50. The summed E-state index contributed by atoms with van der Waals surface area (Å²) in [5.41, 5.74) is 0.342. The zero-order valence-corrected chi connectivity index (χ0v) is 11.2. The van der Waals surface area contributed by atoms with E-state index >= 15 is 0 Å². The van der Waals surface area contributed by atoms with Crippen molar-refractivity contribution in [2.75, 3.05) is 18.6 Å². The van der Waals surface area contributed by atoms with Gasteiger partial charge in [0.05, 0.1) is 5.56 Å². The number of carbonyl (C=O) groups is 2. The van der Waals surface area contributed by atoms with Gasteiger partial charge in [0.25, 0.3) is 5.91 Å². The third-order valence-corrected chi connectivity index (χ3v) is 2.86. The first-order valence-electron chi connectivity index (χ1n) is 5.52. The predicted octanol–water partition coefficient (Wildman–Crippen LogP) is 2.02. The van der Waals surface area contributed by atoms with Crippen molar-refractivity contribution < 1.29 is 19.1 Å². The zero-order chi connectivity index (χ0) is 14.3. The van der Waals surface area contributed by atoms with Crippen molar-refractivity contribution in [3.05, 3.63) is 41.2 Å². The molecule has 19 heavy (non-hydrogen) atoms. The van der Waals surface area contributed by atoms with E-state index in [1.807, 2.05) is 6.26 Å². The highest BCUT2D eigenvalue weighted by molar-refractivity contribution is 7.98. The number of carboxylic acids is 1. The lowest BCUT2D eigenvalue weighted by Gasteiger charge is -2.05. The predicted molar refractivity (Wildman–Crippen MR) is 73.8 cm³/mol. The van der Waals surface area contributed by atoms with E-state index in [9.17, 15) is 14.0 Å². The lowest BCUT2D eigenvalue weighted by molar-refractivity contribution is -0.131. The summed E-state index contributed by atoms with van der Waals surface area (Å²) in [6.45, 7) is 0.472. The maximum absolute atomic E-state index is 13.7. The van der Waals surface area contributed by atoms with Gasteiger partial charge in [-0.1, -0.05) is 6.07 Å². The molecule has 0 aliphatic heterocycles. The Bertz CT molecular complexity index is 503. The van der Waals surface area contributed by atoms with Gasteiger partial charge in [0.1, 0.15) is 5.82 Å². The standard InChI is InChI=1S/C13H14FNO3S/c1-19-7-6-15-13(18)10-4-2-9(8-11(10)14)3-5-12(16)17/h2-5,8H,6-7H2,1H3,(H,15,18)(H,16,17). The minimum atomic E-state index is -1.11. The second kappa shape index (κ2) is 7.58. The first-order valence-corrected chi connectivity index (χ1v) is 6.91. The molecule has 1 rings (SSSR count). The average molecular weight is 283 g/mol. The van der Waals surface area contributed by atoms with E-state index in [1.54, 1.807) is 11.8 Å². The number of hydrogen-bond donors (Lipinski definition) is 2. The zero-order valence-electron chi connectivity index (χ0n) is 10.4. The number of rotatable bonds is 6. The minimum Gasteiger partial charge on any atom is -0.478 e. The number of nitrogens with one attached hydrogen (secondary N) is 1. The number of thioether (sulfide) groups is 1. The molecule has 6 heteroatoms. The van der Waals surface area contributed by atoms with Crippen LogP contribution in [0.2, 0.25) is 0 Å². The number of hydrogen-bond acceptors (Lipinski definition) is 3. The highest BCUT2D eigenvalue weighted by atomic mass is 32.2. The van der Waals surface area contributed by atoms with Gasteiger partial charge in [-0.05, 0) is 30.0 Å². The van der Waals surface area contributed by atoms with Crippen molar-refractivity contribution in [2.24, 2.45) is 0 Å². The summed E-state index contributed by atoms with van der Waals surface area (Å²) >= 11 is 1.58. The molecular weight excluding hydrogens is 269 g/mol. The van der Waals surface area contributed by atoms with Gasteiger partial charge >= 0.3 is 5.97 Å². The molecule has 2 N–H and O–H groups in total. The summed E-state index contributed by atoms with van der Waals surface area (Å²) in [5, 5.41) is 11.1. The van der Waals surface area contributed by atoms with Gasteiger partial charge in [-0.2, -0.15) is 11.8 Å². The van der Waals surface area contributed by atoms with Crippen LogP contribution in [0.5, 0.6) is 0 Å². The quantitative estimate of drug-likeness (QED) is 0.619. The summed E-state index contributed by atoms with van der Waals surface area (Å²) in [4.78, 5) is 22.0. The number of benzene rings is 1. The van der Waals surface area contributed by atoms with Gasteiger partial charge in [0.2, 0.25) is 0 Å². The molecule has 0 aromatic heterocycles. The number of aliphatic carboxylic acids is 1. The van der Waals surface area contributed by atoms with Crippen LogP contribution in [0.15, 0.2) is 24.3 Å². The molecule has 0 spiro atoms. The smallest absolute Gasteiger partial charge is 0.328 e. The molecule has 0 radical (unpaired) electrons. The molecule has 102 valence electrons. The first kappa shape index (κ1) is 15.2. The molecule has 0 aliphatic rings. The summed E-state index contributed by atoms with van der Waals surface area (Å²) < 4.78 is 13.7. The van der Waals surface area contributed by atoms with Crippen molar-refractivity contribution in [3.8, 4) is 0 Å². The van der Waals surface area contributed by atoms with Gasteiger partial charge in [-0.25, -0.2) is 9.18 Å². The summed E-state index contributed by atoms with van der Waals surface area (Å²) in [6, 6.07) is 3.96. The average Bonchev–Trinajstić information content (AvgIpc) is 2.36. The van der Waals surface area contributed by atoms with Crippen molar-refractivity contribution in [1.29, 1.82) is 0 Å². The van der Waals surface area contributed by atoms with Crippen LogP contribution in [0.3, 0.4) is 0 Å². The molecule has 1 aromatic rings. The molecule has 0 atom stereocenters. The number of carboxylic acid groups (broad SMARTS) is 1. The molecule has 1 aromatic carbocycles. The van der Waals surface area contributed by atoms with Crippen molar-refractivity contribution in [1.82, 2.24) is 5.32 Å². The molecule has 0 saturated heterocycles. The Labute approximate surface area is 114 Å². The fourth-order valence-electron chi connectivity index (χ4n) is 1.35. The van der Waals surface area contributed by atoms with Crippen molar-refractivity contribution in [3.63, 3.8) is 0 Å². The highest BCUT2D eigenvalue weighted by Gasteiger charge is 2.10. The first-order chi connectivity index (χ1) is 9.04. The fraction of sp³-hybridized carbons (Fsp3) is 0.231. The van der Waals surface area contributed by atoms with E-state index in [0.29, 0.717) is 12.1 Å². The Hall–Kier alpha value is -1.82. The van der Waals surface area contributed by atoms with Gasteiger partial charge in [-0.3, -0.25) is 4.79 Å². The Kier molecular flexibility index (Phi) is 6.08. The van der Waals surface area contributed by atoms with Gasteiger partial charge < -0.3 is 10.4 Å². The molecule has 4 nitrogen and oxygen atoms in total. The molecule has 0 fully saturated rings. The number of carbonyl (C=O) groups excluding carboxylic acids is 1. The van der Waals surface area contributed by atoms with Crippen molar-refractivity contribution >= 4 is 29.7 Å². The topological polar surface area (TPSA) is 66.4 Å². The highest BCUT2D eigenvalue weighted by Crippen LogP contribution is 2.12. The molecule has 0 aliphatic carbocycles. The van der Waals surface area contributed by atoms with Gasteiger partial charge in [0, 0.05) is 18.4 Å². The van der Waals surface area contributed by atoms with E-state index in [1.165, 1.54) is 18.2 Å². The lowest BCUT2D eigenvalue weighted by Crippen LogP contribution is -2.26. The second-order valence-corrected chi connectivity index (χ2v) is 4.65. The largest absolute Gasteiger partial charge is 0.478 e. The van der Waals surface area contributed by atoms with E-state index < -0.39 is 17.7 Å². The molecule has 0 unspecified atom stereocenters. The monoisotopic (exact) mass is 283 g/mol. The van der Waals surface area contributed by atoms with E-state index in [2.05, 4.69) is 5.32 Å². The van der Waals surface area contributed by atoms with Crippen LogP contribution in [-0.2, 0) is 4.79 Å². The lowest BCUT2D eigenvalue weighted by atomic mass is 10.1. The number of halogens is 1. The van der Waals surface area contributed by atoms with E-state index in [0.717, 1.165) is 17.9 Å². The van der Waals surface area contributed by atoms with Crippen LogP contribution < -0.4 is 5.32 Å². The molecule has 1 amide bonds. The van der Waals surface area contributed by atoms with Crippen LogP contribution in [0, 0.1) is 5.82 Å². The maximum atomic E-state index is 13.7. The van der Waals surface area contributed by atoms with Crippen LogP contribution >= 0.6 is 11.8 Å². The van der Waals surface area contributed by atoms with Crippen LogP contribution in [0.25, 0.3) is 6.08 Å². The molecule has 0 bridgehead atoms. The van der Waals surface area contributed by atoms with E-state index in [4.69, 9.17) is 5.11 Å². The van der Waals surface area contributed by atoms with Gasteiger partial charge in [-0.15, -0.1) is 0 Å². The SMILES string of the molecule is CSCCNC(=O)c1ccc(C=CC(=O)O)cc1F. The van der Waals surface area contributed by atoms with Crippen molar-refractivity contribution in [2.45, 2.75) is 0 Å². The Balaban J connectivity index is 2.76. The summed E-state index contributed by atoms with van der Waals surface area (Å²) in [7, 11) is 0. The normalized spacial score (nSPS) is 10.6. The third kappa shape index (κ3) is 5.13. The van der Waals surface area contributed by atoms with Crippen LogP contribution in [0.1, 0.15) is 15.9 Å². The maximum Gasteiger partial charge on any atom is 0.328 e. The Morgan fingerprint density at radius 2 is 2.21 bits per heavy atom. The van der Waals surface area contributed by atoms with Crippen LogP contribution in [0.4, 0.5) is 4.39 Å². The summed E-state index contributed by atoms with van der Waals surface area (Å²) in [6.07, 6.45) is 4.09. The fourth-order valence-corrected chi connectivity index (χ4v) is 1.65. The number of amides is 1. The van der Waals surface area contributed by atoms with Crippen LogP contribution in [-0.4, -0.2) is 35.5 Å².